The number of rotatable bonds is 6. The van der Waals surface area contributed by atoms with Gasteiger partial charge >= 0.3 is 5.97 Å². The lowest BCUT2D eigenvalue weighted by Crippen LogP contribution is -2.38. The molecule has 7 heteroatoms. The molecule has 94 valence electrons. The summed E-state index contributed by atoms with van der Waals surface area (Å²) in [5, 5.41) is 12.7. The third-order valence-corrected chi connectivity index (χ3v) is 2.11. The van der Waals surface area contributed by atoms with Gasteiger partial charge in [-0.3, -0.25) is 14.3 Å². The predicted molar refractivity (Wildman–Crippen MR) is 58.6 cm³/mol. The van der Waals surface area contributed by atoms with E-state index in [1.54, 1.807) is 19.3 Å². The van der Waals surface area contributed by atoms with Crippen LogP contribution in [-0.2, 0) is 16.6 Å². The number of ether oxygens (including phenoxy) is 1. The van der Waals surface area contributed by atoms with Crippen LogP contribution < -0.4 is 0 Å². The lowest BCUT2D eigenvalue weighted by atomic mass is 10.3. The van der Waals surface area contributed by atoms with Crippen LogP contribution in [0.3, 0.4) is 0 Å². The van der Waals surface area contributed by atoms with E-state index in [-0.39, 0.29) is 25.4 Å². The SMILES string of the molecule is COCCN(CC(=O)O)C(=O)c1ccn(C)n1. The van der Waals surface area contributed by atoms with E-state index in [9.17, 15) is 9.59 Å². The summed E-state index contributed by atoms with van der Waals surface area (Å²) >= 11 is 0. The number of carbonyl (C=O) groups excluding carboxylic acids is 1. The summed E-state index contributed by atoms with van der Waals surface area (Å²) in [5.74, 6) is -1.48. The highest BCUT2D eigenvalue weighted by atomic mass is 16.5. The number of hydrogen-bond donors (Lipinski definition) is 1. The average molecular weight is 241 g/mol. The zero-order valence-corrected chi connectivity index (χ0v) is 9.79. The lowest BCUT2D eigenvalue weighted by molar-refractivity contribution is -0.137. The second-order valence-corrected chi connectivity index (χ2v) is 3.49. The van der Waals surface area contributed by atoms with Gasteiger partial charge in [0.2, 0.25) is 0 Å². The molecule has 0 saturated heterocycles. The third kappa shape index (κ3) is 3.87. The van der Waals surface area contributed by atoms with Crippen molar-refractivity contribution in [3.8, 4) is 0 Å². The van der Waals surface area contributed by atoms with Crippen LogP contribution in [0.1, 0.15) is 10.5 Å². The first kappa shape index (κ1) is 13.2. The van der Waals surface area contributed by atoms with Crippen LogP contribution in [0.25, 0.3) is 0 Å². The van der Waals surface area contributed by atoms with Crippen molar-refractivity contribution in [3.63, 3.8) is 0 Å². The van der Waals surface area contributed by atoms with Gasteiger partial charge in [-0.15, -0.1) is 0 Å². The van der Waals surface area contributed by atoms with Crippen LogP contribution in [0.2, 0.25) is 0 Å². The van der Waals surface area contributed by atoms with Crippen molar-refractivity contribution in [1.82, 2.24) is 14.7 Å². The van der Waals surface area contributed by atoms with Crippen LogP contribution in [0.5, 0.6) is 0 Å². The third-order valence-electron chi connectivity index (χ3n) is 2.11. The highest BCUT2D eigenvalue weighted by molar-refractivity contribution is 5.94. The number of carbonyl (C=O) groups is 2. The Balaban J connectivity index is 2.74. The minimum atomic E-state index is -1.06. The van der Waals surface area contributed by atoms with Gasteiger partial charge in [0.05, 0.1) is 6.61 Å². The fraction of sp³-hybridized carbons (Fsp3) is 0.500. The Hall–Kier alpha value is -1.89. The molecule has 0 aliphatic rings. The van der Waals surface area contributed by atoms with E-state index in [1.165, 1.54) is 16.7 Å². The van der Waals surface area contributed by atoms with Gasteiger partial charge in [-0.2, -0.15) is 5.10 Å². The number of carboxylic acid groups (broad SMARTS) is 1. The van der Waals surface area contributed by atoms with Gasteiger partial charge in [-0.05, 0) is 6.07 Å². The van der Waals surface area contributed by atoms with Crippen molar-refractivity contribution >= 4 is 11.9 Å². The lowest BCUT2D eigenvalue weighted by Gasteiger charge is -2.18. The molecule has 1 N–H and O–H groups in total. The van der Waals surface area contributed by atoms with Crippen LogP contribution in [0.15, 0.2) is 12.3 Å². The summed E-state index contributed by atoms with van der Waals surface area (Å²) in [6.45, 7) is 0.142. The van der Waals surface area contributed by atoms with E-state index >= 15 is 0 Å². The molecule has 0 bridgehead atoms. The summed E-state index contributed by atoms with van der Waals surface area (Å²) in [5.41, 5.74) is 0.227. The highest BCUT2D eigenvalue weighted by Gasteiger charge is 2.20. The first-order chi connectivity index (χ1) is 8.04. The fourth-order valence-corrected chi connectivity index (χ4v) is 1.31. The first-order valence-electron chi connectivity index (χ1n) is 5.04. The van der Waals surface area contributed by atoms with E-state index < -0.39 is 11.9 Å². The Morgan fingerprint density at radius 1 is 1.59 bits per heavy atom. The molecule has 1 aromatic heterocycles. The van der Waals surface area contributed by atoms with E-state index in [0.717, 1.165) is 0 Å². The number of aliphatic carboxylic acids is 1. The molecule has 1 amide bonds. The largest absolute Gasteiger partial charge is 0.480 e. The normalized spacial score (nSPS) is 10.2. The van der Waals surface area contributed by atoms with Crippen molar-refractivity contribution in [3.05, 3.63) is 18.0 Å². The van der Waals surface area contributed by atoms with Crippen LogP contribution in [-0.4, -0.2) is 58.5 Å². The molecular weight excluding hydrogens is 226 g/mol. The van der Waals surface area contributed by atoms with E-state index in [0.29, 0.717) is 0 Å². The standard InChI is InChI=1S/C10H15N3O4/c1-12-4-3-8(11-12)10(16)13(5-6-17-2)7-9(14)15/h3-4H,5-7H2,1-2H3,(H,14,15). The second kappa shape index (κ2) is 6.00. The smallest absolute Gasteiger partial charge is 0.323 e. The molecule has 0 aliphatic heterocycles. The van der Waals surface area contributed by atoms with Gasteiger partial charge in [0.1, 0.15) is 12.2 Å². The average Bonchev–Trinajstić information content (AvgIpc) is 2.69. The summed E-state index contributed by atoms with van der Waals surface area (Å²) < 4.78 is 6.32. The molecule has 7 nitrogen and oxygen atoms in total. The summed E-state index contributed by atoms with van der Waals surface area (Å²) in [6.07, 6.45) is 1.63. The van der Waals surface area contributed by atoms with Gasteiger partial charge in [-0.1, -0.05) is 0 Å². The molecule has 0 saturated carbocycles. The molecule has 0 atom stereocenters. The number of hydrogen-bond acceptors (Lipinski definition) is 4. The number of methoxy groups -OCH3 is 1. The van der Waals surface area contributed by atoms with Gasteiger partial charge in [-0.25, -0.2) is 0 Å². The molecule has 0 unspecified atom stereocenters. The zero-order chi connectivity index (χ0) is 12.8. The van der Waals surface area contributed by atoms with Crippen molar-refractivity contribution in [2.75, 3.05) is 26.8 Å². The summed E-state index contributed by atoms with van der Waals surface area (Å²) in [4.78, 5) is 23.8. The molecule has 1 rings (SSSR count). The second-order valence-electron chi connectivity index (χ2n) is 3.49. The summed E-state index contributed by atoms with van der Waals surface area (Å²) in [7, 11) is 3.18. The summed E-state index contributed by atoms with van der Waals surface area (Å²) in [6, 6.07) is 1.55. The molecule has 1 heterocycles. The number of carboxylic acids is 1. The van der Waals surface area contributed by atoms with Gasteiger partial charge < -0.3 is 14.7 Å². The van der Waals surface area contributed by atoms with Gasteiger partial charge in [0, 0.05) is 26.9 Å². The maximum atomic E-state index is 11.9. The zero-order valence-electron chi connectivity index (χ0n) is 9.79. The topological polar surface area (TPSA) is 84.7 Å². The first-order valence-corrected chi connectivity index (χ1v) is 5.04. The number of nitrogens with zero attached hydrogens (tertiary/aromatic N) is 3. The van der Waals surface area contributed by atoms with Crippen LogP contribution >= 0.6 is 0 Å². The Bertz CT molecular complexity index is 402. The maximum Gasteiger partial charge on any atom is 0.323 e. The van der Waals surface area contributed by atoms with Crippen molar-refractivity contribution in [1.29, 1.82) is 0 Å². The van der Waals surface area contributed by atoms with Crippen molar-refractivity contribution in [2.45, 2.75) is 0 Å². The van der Waals surface area contributed by atoms with Gasteiger partial charge in [0.15, 0.2) is 0 Å². The molecule has 1 aromatic rings. The number of aryl methyl sites for hydroxylation is 1. The Labute approximate surface area is 98.6 Å². The monoisotopic (exact) mass is 241 g/mol. The minimum absolute atomic E-state index is 0.220. The predicted octanol–water partition coefficient (Wildman–Crippen LogP) is -0.407. The Morgan fingerprint density at radius 2 is 2.29 bits per heavy atom. The molecule has 17 heavy (non-hydrogen) atoms. The fourth-order valence-electron chi connectivity index (χ4n) is 1.31. The highest BCUT2D eigenvalue weighted by Crippen LogP contribution is 2.01. The molecule has 0 spiro atoms. The molecule has 0 aliphatic carbocycles. The van der Waals surface area contributed by atoms with Crippen LogP contribution in [0, 0.1) is 0 Å². The van der Waals surface area contributed by atoms with E-state index in [2.05, 4.69) is 5.10 Å². The molecule has 0 aromatic carbocycles. The number of aromatic nitrogens is 2. The quantitative estimate of drug-likeness (QED) is 0.732. The molecule has 0 radical (unpaired) electrons. The minimum Gasteiger partial charge on any atom is -0.480 e. The number of amides is 1. The van der Waals surface area contributed by atoms with Crippen molar-refractivity contribution in [2.24, 2.45) is 7.05 Å². The molecule has 0 fully saturated rings. The van der Waals surface area contributed by atoms with E-state index in [1.807, 2.05) is 0 Å². The van der Waals surface area contributed by atoms with Crippen molar-refractivity contribution < 1.29 is 19.4 Å². The Morgan fingerprint density at radius 3 is 2.76 bits per heavy atom. The van der Waals surface area contributed by atoms with Gasteiger partial charge in [0.25, 0.3) is 5.91 Å². The van der Waals surface area contributed by atoms with Crippen LogP contribution in [0.4, 0.5) is 0 Å². The molecular formula is C10H15N3O4. The Kier molecular flexibility index (Phi) is 4.65. The van der Waals surface area contributed by atoms with E-state index in [4.69, 9.17) is 9.84 Å². The maximum absolute atomic E-state index is 11.9.